The molecule has 0 spiro atoms. The van der Waals surface area contributed by atoms with Crippen molar-refractivity contribution in [2.45, 2.75) is 95.7 Å². The molecule has 0 aliphatic carbocycles. The number of hydrogen-bond acceptors (Lipinski definition) is 8. The first-order valence-corrected chi connectivity index (χ1v) is 14.9. The van der Waals surface area contributed by atoms with Gasteiger partial charge in [0.2, 0.25) is 0 Å². The van der Waals surface area contributed by atoms with Gasteiger partial charge in [-0.25, -0.2) is 14.5 Å². The highest BCUT2D eigenvalue weighted by atomic mass is 35.5. The number of carbonyl (C=O) groups is 1. The van der Waals surface area contributed by atoms with Gasteiger partial charge < -0.3 is 19.3 Å². The number of rotatable bonds is 5. The minimum absolute atomic E-state index is 0.0249. The number of piperidine rings is 1. The van der Waals surface area contributed by atoms with Gasteiger partial charge in [0.05, 0.1) is 11.9 Å². The minimum atomic E-state index is -0.492. The molecule has 3 aliphatic rings. The van der Waals surface area contributed by atoms with E-state index in [1.54, 1.807) is 6.20 Å². The lowest BCUT2D eigenvalue weighted by atomic mass is 9.96. The summed E-state index contributed by atoms with van der Waals surface area (Å²) in [7, 11) is 2.05. The summed E-state index contributed by atoms with van der Waals surface area (Å²) in [6.45, 7) is 6.50. The van der Waals surface area contributed by atoms with Crippen LogP contribution in [0, 0.1) is 0 Å². The summed E-state index contributed by atoms with van der Waals surface area (Å²) >= 11 is 6.62. The van der Waals surface area contributed by atoms with Gasteiger partial charge in [-0.05, 0) is 90.0 Å². The van der Waals surface area contributed by atoms with Crippen LogP contribution >= 0.6 is 11.6 Å². The predicted molar refractivity (Wildman–Crippen MR) is 157 cm³/mol. The Morgan fingerprint density at radius 3 is 2.44 bits per heavy atom. The van der Waals surface area contributed by atoms with Crippen molar-refractivity contribution >= 4 is 23.5 Å². The zero-order valence-electron chi connectivity index (χ0n) is 24.2. The molecule has 0 radical (unpaired) electrons. The summed E-state index contributed by atoms with van der Waals surface area (Å²) in [5.41, 5.74) is 2.54. The third-order valence-corrected chi connectivity index (χ3v) is 8.63. The normalized spacial score (nSPS) is 24.4. The van der Waals surface area contributed by atoms with Crippen LogP contribution in [0.3, 0.4) is 0 Å². The molecule has 3 saturated heterocycles. The highest BCUT2D eigenvalue weighted by Crippen LogP contribution is 2.39. The lowest BCUT2D eigenvalue weighted by molar-refractivity contribution is -0.0394. The molecule has 4 atom stereocenters. The Hall–Kier alpha value is -3.24. The van der Waals surface area contributed by atoms with E-state index < -0.39 is 5.60 Å². The van der Waals surface area contributed by atoms with Crippen LogP contribution in [-0.2, 0) is 9.47 Å². The van der Waals surface area contributed by atoms with E-state index >= 15 is 0 Å². The van der Waals surface area contributed by atoms with E-state index in [2.05, 4.69) is 32.2 Å². The Morgan fingerprint density at radius 1 is 1.05 bits per heavy atom. The molecule has 6 rings (SSSR count). The molecule has 10 nitrogen and oxygen atoms in total. The number of amides is 1. The van der Waals surface area contributed by atoms with Crippen LogP contribution in [0.15, 0.2) is 36.7 Å². The van der Waals surface area contributed by atoms with Crippen LogP contribution in [0.4, 0.5) is 10.6 Å². The Balaban J connectivity index is 1.11. The fourth-order valence-electron chi connectivity index (χ4n) is 6.27. The first-order chi connectivity index (χ1) is 19.7. The third-order valence-electron chi connectivity index (χ3n) is 8.35. The van der Waals surface area contributed by atoms with Crippen LogP contribution in [0.5, 0.6) is 0 Å². The lowest BCUT2D eigenvalue weighted by Crippen LogP contribution is -2.53. The Labute approximate surface area is 246 Å². The fourth-order valence-corrected chi connectivity index (χ4v) is 6.54. The summed E-state index contributed by atoms with van der Waals surface area (Å²) < 4.78 is 13.4. The maximum Gasteiger partial charge on any atom is 0.410 e. The Morgan fingerprint density at radius 2 is 1.80 bits per heavy atom. The van der Waals surface area contributed by atoms with E-state index in [1.165, 1.54) is 0 Å². The van der Waals surface area contributed by atoms with Crippen molar-refractivity contribution in [2.75, 3.05) is 18.6 Å². The highest BCUT2D eigenvalue weighted by Gasteiger charge is 2.46. The average Bonchev–Trinajstić information content (AvgIpc) is 3.55. The lowest BCUT2D eigenvalue weighted by Gasteiger charge is -2.42. The average molecular weight is 580 g/mol. The van der Waals surface area contributed by atoms with Gasteiger partial charge in [0.25, 0.3) is 0 Å². The molecule has 0 saturated carbocycles. The van der Waals surface area contributed by atoms with E-state index in [9.17, 15) is 4.79 Å². The summed E-state index contributed by atoms with van der Waals surface area (Å²) in [5.74, 6) is 0.795. The molecule has 0 N–H and O–H groups in total. The van der Waals surface area contributed by atoms with Gasteiger partial charge in [0.15, 0.2) is 5.82 Å². The van der Waals surface area contributed by atoms with Crippen LogP contribution < -0.4 is 4.90 Å². The van der Waals surface area contributed by atoms with E-state index in [1.807, 2.05) is 60.8 Å². The summed E-state index contributed by atoms with van der Waals surface area (Å²) in [6, 6.07) is 8.42. The highest BCUT2D eigenvalue weighted by molar-refractivity contribution is 6.32. The van der Waals surface area contributed by atoms with Gasteiger partial charge >= 0.3 is 6.09 Å². The number of hydrogen-bond donors (Lipinski definition) is 0. The SMILES string of the molecule is CN(c1ccc(-c2ccc(-c3cnn(C4CCCCO4)c3)c(Cl)n2)nn1)C1CC2CC[C@H](C1)N2C(=O)OC(C)(C)C. The first kappa shape index (κ1) is 27.9. The quantitative estimate of drug-likeness (QED) is 0.333. The van der Waals surface area contributed by atoms with Crippen molar-refractivity contribution in [1.82, 2.24) is 29.9 Å². The summed E-state index contributed by atoms with van der Waals surface area (Å²) in [4.78, 5) is 21.6. The third kappa shape index (κ3) is 5.90. The van der Waals surface area contributed by atoms with Gasteiger partial charge in [0, 0.05) is 49.1 Å². The van der Waals surface area contributed by atoms with E-state index in [0.717, 1.165) is 68.5 Å². The topological polar surface area (TPSA) is 98.5 Å². The molecule has 218 valence electrons. The molecule has 3 aromatic heterocycles. The minimum Gasteiger partial charge on any atom is -0.444 e. The number of anilines is 1. The molecular formula is C30H38ClN7O3. The van der Waals surface area contributed by atoms with Gasteiger partial charge in [-0.15, -0.1) is 10.2 Å². The van der Waals surface area contributed by atoms with Crippen molar-refractivity contribution in [2.24, 2.45) is 0 Å². The van der Waals surface area contributed by atoms with E-state index in [4.69, 9.17) is 21.1 Å². The number of halogens is 1. The zero-order valence-corrected chi connectivity index (χ0v) is 24.9. The monoisotopic (exact) mass is 579 g/mol. The maximum atomic E-state index is 12.8. The summed E-state index contributed by atoms with van der Waals surface area (Å²) in [6.07, 6.45) is 10.5. The first-order valence-electron chi connectivity index (χ1n) is 14.6. The second-order valence-corrected chi connectivity index (χ2v) is 12.7. The van der Waals surface area contributed by atoms with Crippen LogP contribution in [0.1, 0.15) is 71.9 Å². The van der Waals surface area contributed by atoms with Crippen molar-refractivity contribution in [1.29, 1.82) is 0 Å². The smallest absolute Gasteiger partial charge is 0.410 e. The van der Waals surface area contributed by atoms with Crippen molar-refractivity contribution in [3.8, 4) is 22.5 Å². The van der Waals surface area contributed by atoms with Crippen molar-refractivity contribution in [3.63, 3.8) is 0 Å². The number of carbonyl (C=O) groups excluding carboxylic acids is 1. The molecule has 6 heterocycles. The molecule has 11 heteroatoms. The van der Waals surface area contributed by atoms with Crippen LogP contribution in [0.2, 0.25) is 5.15 Å². The second-order valence-electron chi connectivity index (χ2n) is 12.4. The zero-order chi connectivity index (χ0) is 28.7. The Kier molecular flexibility index (Phi) is 7.63. The standard InChI is InChI=1S/C30H38ClN7O3/c1-30(2,3)41-29(39)38-20-8-9-21(38)16-22(15-20)36(4)26-13-12-25(34-35-26)24-11-10-23(28(31)33-24)19-17-32-37(18-19)27-7-5-6-14-40-27/h10-13,17-18,20-22,27H,5-9,14-16H2,1-4H3/t20-,21?,22?,27?/m1/s1. The number of pyridine rings is 1. The van der Waals surface area contributed by atoms with Gasteiger partial charge in [-0.2, -0.15) is 5.10 Å². The van der Waals surface area contributed by atoms with E-state index in [0.29, 0.717) is 16.5 Å². The van der Waals surface area contributed by atoms with Gasteiger partial charge in [0.1, 0.15) is 22.7 Å². The molecule has 41 heavy (non-hydrogen) atoms. The molecule has 3 unspecified atom stereocenters. The largest absolute Gasteiger partial charge is 0.444 e. The maximum absolute atomic E-state index is 12.8. The number of aromatic nitrogens is 5. The molecule has 0 aromatic carbocycles. The number of fused-ring (bicyclic) bond motifs is 2. The number of ether oxygens (including phenoxy) is 2. The predicted octanol–water partition coefficient (Wildman–Crippen LogP) is 6.12. The van der Waals surface area contributed by atoms with E-state index in [-0.39, 0.29) is 30.4 Å². The van der Waals surface area contributed by atoms with Gasteiger partial charge in [-0.1, -0.05) is 11.6 Å². The molecule has 2 bridgehead atoms. The fraction of sp³-hybridized carbons (Fsp3) is 0.567. The second kappa shape index (κ2) is 11.2. The molecule has 3 aromatic rings. The molecule has 3 aliphatic heterocycles. The Bertz CT molecular complexity index is 1370. The van der Waals surface area contributed by atoms with Gasteiger partial charge in [-0.3, -0.25) is 0 Å². The van der Waals surface area contributed by atoms with Crippen LogP contribution in [0.25, 0.3) is 22.5 Å². The van der Waals surface area contributed by atoms with Crippen molar-refractivity contribution in [3.05, 3.63) is 41.8 Å². The number of nitrogens with zero attached hydrogens (tertiary/aromatic N) is 7. The molecule has 1 amide bonds. The molecule has 3 fully saturated rings. The van der Waals surface area contributed by atoms with Crippen molar-refractivity contribution < 1.29 is 14.3 Å². The summed E-state index contributed by atoms with van der Waals surface area (Å²) in [5, 5.41) is 13.9. The molecular weight excluding hydrogens is 542 g/mol. The van der Waals surface area contributed by atoms with Crippen LogP contribution in [-0.4, -0.2) is 73.3 Å².